The summed E-state index contributed by atoms with van der Waals surface area (Å²) in [4.78, 5) is 40.7. The molecule has 2 amide bonds. The summed E-state index contributed by atoms with van der Waals surface area (Å²) in [6.45, 7) is 5.99. The van der Waals surface area contributed by atoms with Gasteiger partial charge in [-0.05, 0) is 62.6 Å². The molecule has 0 N–H and O–H groups in total. The minimum Gasteiger partial charge on any atom is -0.494 e. The first-order chi connectivity index (χ1) is 14.9. The monoisotopic (exact) mass is 424 g/mol. The van der Waals surface area contributed by atoms with Crippen LogP contribution in [-0.4, -0.2) is 44.1 Å². The Morgan fingerprint density at radius 2 is 1.71 bits per heavy atom. The Kier molecular flexibility index (Phi) is 7.28. The SMILES string of the molecule is CCOC(=O)CN1C(=O)CN(C(=O)CCCOc2ccccc2)c2cc(C)c(C)cc21. The van der Waals surface area contributed by atoms with Crippen LogP contribution in [0, 0.1) is 13.8 Å². The van der Waals surface area contributed by atoms with Crippen LogP contribution in [0.5, 0.6) is 5.75 Å². The second-order valence-electron chi connectivity index (χ2n) is 7.46. The third kappa shape index (κ3) is 5.42. The van der Waals surface area contributed by atoms with Gasteiger partial charge in [-0.2, -0.15) is 0 Å². The lowest BCUT2D eigenvalue weighted by atomic mass is 10.0. The van der Waals surface area contributed by atoms with Gasteiger partial charge in [0.05, 0.1) is 24.6 Å². The lowest BCUT2D eigenvalue weighted by molar-refractivity contribution is -0.142. The van der Waals surface area contributed by atoms with Gasteiger partial charge in [0.25, 0.3) is 0 Å². The largest absolute Gasteiger partial charge is 0.494 e. The Labute approximate surface area is 182 Å². The van der Waals surface area contributed by atoms with Crippen LogP contribution in [0.25, 0.3) is 0 Å². The number of hydrogen-bond acceptors (Lipinski definition) is 5. The summed E-state index contributed by atoms with van der Waals surface area (Å²) in [6, 6.07) is 13.2. The maximum absolute atomic E-state index is 13.0. The number of benzene rings is 2. The molecule has 0 saturated carbocycles. The summed E-state index contributed by atoms with van der Waals surface area (Å²) in [5.41, 5.74) is 3.18. The molecule has 1 heterocycles. The van der Waals surface area contributed by atoms with Crippen LogP contribution < -0.4 is 14.5 Å². The zero-order valence-corrected chi connectivity index (χ0v) is 18.2. The van der Waals surface area contributed by atoms with Crippen molar-refractivity contribution in [2.45, 2.75) is 33.6 Å². The van der Waals surface area contributed by atoms with Crippen LogP contribution in [0.3, 0.4) is 0 Å². The van der Waals surface area contributed by atoms with Gasteiger partial charge in [-0.25, -0.2) is 0 Å². The third-order valence-corrected chi connectivity index (χ3v) is 5.21. The molecule has 2 aromatic rings. The molecule has 2 aromatic carbocycles. The molecule has 7 heteroatoms. The predicted octanol–water partition coefficient (Wildman–Crippen LogP) is 3.41. The Hall–Kier alpha value is -3.35. The number of rotatable bonds is 8. The highest BCUT2D eigenvalue weighted by atomic mass is 16.5. The maximum Gasteiger partial charge on any atom is 0.326 e. The number of carbonyl (C=O) groups is 3. The molecule has 7 nitrogen and oxygen atoms in total. The first kappa shape index (κ1) is 22.3. The molecule has 0 atom stereocenters. The second kappa shape index (κ2) is 10.1. The summed E-state index contributed by atoms with van der Waals surface area (Å²) < 4.78 is 10.7. The van der Waals surface area contributed by atoms with Gasteiger partial charge < -0.3 is 14.4 Å². The third-order valence-electron chi connectivity index (χ3n) is 5.21. The van der Waals surface area contributed by atoms with E-state index >= 15 is 0 Å². The van der Waals surface area contributed by atoms with Gasteiger partial charge >= 0.3 is 5.97 Å². The number of ether oxygens (including phenoxy) is 2. The van der Waals surface area contributed by atoms with Crippen molar-refractivity contribution in [3.05, 3.63) is 53.6 Å². The molecule has 3 rings (SSSR count). The van der Waals surface area contributed by atoms with Crippen LogP contribution in [-0.2, 0) is 19.1 Å². The fraction of sp³-hybridized carbons (Fsp3) is 0.375. The standard InChI is InChI=1S/C24H28N2O5/c1-4-30-24(29)16-26-21-14-18(3)17(2)13-20(21)25(15-23(26)28)22(27)11-8-12-31-19-9-6-5-7-10-19/h5-7,9-10,13-14H,4,8,11-12,15-16H2,1-3H3. The van der Waals surface area contributed by atoms with Gasteiger partial charge in [0.15, 0.2) is 0 Å². The molecule has 0 spiro atoms. The molecule has 31 heavy (non-hydrogen) atoms. The molecular formula is C24H28N2O5. The van der Waals surface area contributed by atoms with Crippen molar-refractivity contribution >= 4 is 29.2 Å². The quantitative estimate of drug-likeness (QED) is 0.480. The second-order valence-corrected chi connectivity index (χ2v) is 7.46. The minimum absolute atomic E-state index is 0.104. The zero-order chi connectivity index (χ0) is 22.4. The molecular weight excluding hydrogens is 396 g/mol. The average molecular weight is 424 g/mol. The number of anilines is 2. The summed E-state index contributed by atoms with van der Waals surface area (Å²) in [6.07, 6.45) is 0.787. The topological polar surface area (TPSA) is 76.2 Å². The van der Waals surface area contributed by atoms with Crippen LogP contribution in [0.1, 0.15) is 30.9 Å². The van der Waals surface area contributed by atoms with Gasteiger partial charge in [-0.3, -0.25) is 19.3 Å². The van der Waals surface area contributed by atoms with Crippen molar-refractivity contribution < 1.29 is 23.9 Å². The van der Waals surface area contributed by atoms with E-state index in [0.717, 1.165) is 16.9 Å². The number of nitrogens with zero attached hydrogens (tertiary/aromatic N) is 2. The average Bonchev–Trinajstić information content (AvgIpc) is 2.75. The van der Waals surface area contributed by atoms with E-state index in [2.05, 4.69) is 0 Å². The van der Waals surface area contributed by atoms with E-state index in [9.17, 15) is 14.4 Å². The van der Waals surface area contributed by atoms with Crippen molar-refractivity contribution in [3.63, 3.8) is 0 Å². The number of fused-ring (bicyclic) bond motifs is 1. The fourth-order valence-corrected chi connectivity index (χ4v) is 3.45. The molecule has 0 fully saturated rings. The number of carbonyl (C=O) groups excluding carboxylic acids is 3. The van der Waals surface area contributed by atoms with Gasteiger partial charge in [0.2, 0.25) is 11.8 Å². The number of esters is 1. The highest BCUT2D eigenvalue weighted by Gasteiger charge is 2.34. The zero-order valence-electron chi connectivity index (χ0n) is 18.2. The van der Waals surface area contributed by atoms with E-state index in [0.29, 0.717) is 24.4 Å². The smallest absolute Gasteiger partial charge is 0.326 e. The molecule has 0 bridgehead atoms. The Balaban J connectivity index is 1.73. The van der Waals surface area contributed by atoms with E-state index in [1.54, 1.807) is 6.92 Å². The molecule has 1 aliphatic heterocycles. The lowest BCUT2D eigenvalue weighted by Crippen LogP contribution is -2.50. The maximum atomic E-state index is 13.0. The lowest BCUT2D eigenvalue weighted by Gasteiger charge is -2.36. The molecule has 1 aliphatic rings. The highest BCUT2D eigenvalue weighted by Crippen LogP contribution is 2.36. The summed E-state index contributed by atoms with van der Waals surface area (Å²) >= 11 is 0. The molecule has 0 unspecified atom stereocenters. The summed E-state index contributed by atoms with van der Waals surface area (Å²) in [5, 5.41) is 0. The van der Waals surface area contributed by atoms with Gasteiger partial charge in [0, 0.05) is 6.42 Å². The van der Waals surface area contributed by atoms with E-state index < -0.39 is 5.97 Å². The highest BCUT2D eigenvalue weighted by molar-refractivity contribution is 6.12. The number of hydrogen-bond donors (Lipinski definition) is 0. The van der Waals surface area contributed by atoms with E-state index in [-0.39, 0.29) is 37.9 Å². The molecule has 0 saturated heterocycles. The van der Waals surface area contributed by atoms with Crippen LogP contribution in [0.2, 0.25) is 0 Å². The summed E-state index contributed by atoms with van der Waals surface area (Å²) in [7, 11) is 0. The van der Waals surface area contributed by atoms with E-state index in [4.69, 9.17) is 9.47 Å². The Morgan fingerprint density at radius 3 is 2.39 bits per heavy atom. The van der Waals surface area contributed by atoms with E-state index in [1.165, 1.54) is 9.80 Å². The summed E-state index contributed by atoms with van der Waals surface area (Å²) in [5.74, 6) is -0.171. The predicted molar refractivity (Wildman–Crippen MR) is 118 cm³/mol. The Bertz CT molecular complexity index is 958. The van der Waals surface area contributed by atoms with Crippen LogP contribution in [0.4, 0.5) is 11.4 Å². The van der Waals surface area contributed by atoms with Gasteiger partial charge in [0.1, 0.15) is 18.8 Å². The number of amides is 2. The van der Waals surface area contributed by atoms with Crippen molar-refractivity contribution in [1.82, 2.24) is 0 Å². The molecule has 0 radical (unpaired) electrons. The molecule has 0 aliphatic carbocycles. The van der Waals surface area contributed by atoms with Crippen molar-refractivity contribution in [2.75, 3.05) is 36.1 Å². The minimum atomic E-state index is -0.474. The van der Waals surface area contributed by atoms with Crippen LogP contribution >= 0.6 is 0 Å². The van der Waals surface area contributed by atoms with Gasteiger partial charge in [-0.1, -0.05) is 18.2 Å². The fourth-order valence-electron chi connectivity index (χ4n) is 3.45. The van der Waals surface area contributed by atoms with Crippen molar-refractivity contribution in [2.24, 2.45) is 0 Å². The first-order valence-electron chi connectivity index (χ1n) is 10.5. The Morgan fingerprint density at radius 1 is 1.03 bits per heavy atom. The van der Waals surface area contributed by atoms with Gasteiger partial charge in [-0.15, -0.1) is 0 Å². The van der Waals surface area contributed by atoms with Crippen molar-refractivity contribution in [3.8, 4) is 5.75 Å². The normalized spacial score (nSPS) is 13.1. The number of aryl methyl sites for hydroxylation is 2. The van der Waals surface area contributed by atoms with Crippen LogP contribution in [0.15, 0.2) is 42.5 Å². The number of para-hydroxylation sites is 1. The van der Waals surface area contributed by atoms with Crippen molar-refractivity contribution in [1.29, 1.82) is 0 Å². The molecule has 0 aromatic heterocycles. The van der Waals surface area contributed by atoms with E-state index in [1.807, 2.05) is 56.3 Å². The molecule has 164 valence electrons. The first-order valence-corrected chi connectivity index (χ1v) is 10.5.